The molecule has 1 nitrogen and oxygen atoms in total. The lowest BCUT2D eigenvalue weighted by atomic mass is 10.3. The largest absolute Gasteiger partial charge is 0.245 e. The maximum absolute atomic E-state index is 4.09. The highest BCUT2D eigenvalue weighted by molar-refractivity contribution is 7.16. The highest BCUT2D eigenvalue weighted by atomic mass is 32.1. The van der Waals surface area contributed by atoms with E-state index in [4.69, 9.17) is 0 Å². The zero-order valence-electron chi connectivity index (χ0n) is 4.59. The molecule has 9 heavy (non-hydrogen) atoms. The third kappa shape index (κ3) is 0.715. The van der Waals surface area contributed by atoms with Gasteiger partial charge in [0.25, 0.3) is 0 Å². The van der Waals surface area contributed by atoms with Crippen molar-refractivity contribution >= 4 is 21.6 Å². The summed E-state index contributed by atoms with van der Waals surface area (Å²) in [7, 11) is 0. The summed E-state index contributed by atoms with van der Waals surface area (Å²) in [6, 6.07) is 9.44. The zero-order valence-corrected chi connectivity index (χ0v) is 5.40. The molecule has 0 unspecified atom stereocenters. The summed E-state index contributed by atoms with van der Waals surface area (Å²) < 4.78 is 1.17. The molecule has 0 amide bonds. The smallest absolute Gasteiger partial charge is 0.0818 e. The van der Waals surface area contributed by atoms with Crippen LogP contribution in [0.3, 0.4) is 0 Å². The Morgan fingerprint density at radius 2 is 2.22 bits per heavy atom. The van der Waals surface area contributed by atoms with E-state index in [1.54, 1.807) is 11.3 Å². The van der Waals surface area contributed by atoms with Crippen LogP contribution in [0.15, 0.2) is 17.6 Å². The standard InChI is InChI=1S/C7H3NS/c1-2-4-7-6(3-1)8-5-9-7/h3-5H. The second-order valence-electron chi connectivity index (χ2n) is 1.68. The molecule has 0 N–H and O–H groups in total. The molecular formula is C7H3NS. The van der Waals surface area contributed by atoms with Gasteiger partial charge in [0.1, 0.15) is 0 Å². The SMILES string of the molecule is [c]1[c]cc2scnc2c1. The van der Waals surface area contributed by atoms with Gasteiger partial charge in [-0.05, 0) is 24.3 Å². The minimum absolute atomic E-state index is 1.01. The van der Waals surface area contributed by atoms with Gasteiger partial charge in [0.05, 0.1) is 15.7 Å². The van der Waals surface area contributed by atoms with Gasteiger partial charge in [-0.15, -0.1) is 11.3 Å². The van der Waals surface area contributed by atoms with Crippen molar-refractivity contribution in [1.82, 2.24) is 4.98 Å². The van der Waals surface area contributed by atoms with Gasteiger partial charge in [-0.3, -0.25) is 0 Å². The van der Waals surface area contributed by atoms with Crippen LogP contribution >= 0.6 is 11.3 Å². The van der Waals surface area contributed by atoms with Crippen LogP contribution in [-0.4, -0.2) is 4.98 Å². The van der Waals surface area contributed by atoms with Crippen LogP contribution in [0.4, 0.5) is 0 Å². The molecule has 0 bridgehead atoms. The summed E-state index contributed by atoms with van der Waals surface area (Å²) in [5.74, 6) is 0. The van der Waals surface area contributed by atoms with E-state index < -0.39 is 0 Å². The summed E-state index contributed by atoms with van der Waals surface area (Å²) >= 11 is 1.62. The molecule has 42 valence electrons. The van der Waals surface area contributed by atoms with Crippen molar-refractivity contribution in [3.8, 4) is 0 Å². The van der Waals surface area contributed by atoms with Crippen molar-refractivity contribution in [3.05, 3.63) is 29.8 Å². The Labute approximate surface area is 57.0 Å². The van der Waals surface area contributed by atoms with E-state index in [0.717, 1.165) is 5.52 Å². The quantitative estimate of drug-likeness (QED) is 0.534. The van der Waals surface area contributed by atoms with Gasteiger partial charge in [0.15, 0.2) is 0 Å². The van der Waals surface area contributed by atoms with Gasteiger partial charge in [-0.2, -0.15) is 0 Å². The Bertz CT molecular complexity index is 283. The van der Waals surface area contributed by atoms with E-state index in [0.29, 0.717) is 0 Å². The Morgan fingerprint density at radius 3 is 3.11 bits per heavy atom. The lowest BCUT2D eigenvalue weighted by Crippen LogP contribution is -1.62. The van der Waals surface area contributed by atoms with Crippen LogP contribution in [0.25, 0.3) is 10.2 Å². The van der Waals surface area contributed by atoms with Crippen molar-refractivity contribution in [2.24, 2.45) is 0 Å². The van der Waals surface area contributed by atoms with Crippen molar-refractivity contribution in [1.29, 1.82) is 0 Å². The molecule has 0 spiro atoms. The maximum Gasteiger partial charge on any atom is 0.0818 e. The molecule has 2 heteroatoms. The summed E-state index contributed by atoms with van der Waals surface area (Å²) in [6.07, 6.45) is 0. The molecule has 1 aromatic heterocycles. The molecule has 0 saturated carbocycles. The predicted octanol–water partition coefficient (Wildman–Crippen LogP) is 1.90. The number of thiazole rings is 1. The van der Waals surface area contributed by atoms with Crippen LogP contribution in [0.2, 0.25) is 0 Å². The third-order valence-electron chi connectivity index (χ3n) is 1.12. The number of hydrogen-bond acceptors (Lipinski definition) is 2. The van der Waals surface area contributed by atoms with Gasteiger partial charge in [-0.1, -0.05) is 0 Å². The highest BCUT2D eigenvalue weighted by Crippen LogP contribution is 2.14. The van der Waals surface area contributed by atoms with Gasteiger partial charge in [-0.25, -0.2) is 4.98 Å². The second-order valence-corrected chi connectivity index (χ2v) is 2.57. The zero-order chi connectivity index (χ0) is 6.10. The van der Waals surface area contributed by atoms with E-state index in [1.165, 1.54) is 4.70 Å². The van der Waals surface area contributed by atoms with Gasteiger partial charge < -0.3 is 0 Å². The van der Waals surface area contributed by atoms with Crippen LogP contribution in [-0.2, 0) is 0 Å². The molecule has 0 fully saturated rings. The Hall–Kier alpha value is -0.890. The van der Waals surface area contributed by atoms with E-state index >= 15 is 0 Å². The Balaban J connectivity index is 2.95. The monoisotopic (exact) mass is 133 g/mol. The number of hydrogen-bond donors (Lipinski definition) is 0. The number of aromatic nitrogens is 1. The average Bonchev–Trinajstić information content (AvgIpc) is 2.33. The average molecular weight is 133 g/mol. The topological polar surface area (TPSA) is 12.9 Å². The number of nitrogens with zero attached hydrogens (tertiary/aromatic N) is 1. The van der Waals surface area contributed by atoms with E-state index in [9.17, 15) is 0 Å². The molecule has 1 heterocycles. The van der Waals surface area contributed by atoms with E-state index in [2.05, 4.69) is 17.1 Å². The minimum atomic E-state index is 1.01. The fourth-order valence-corrected chi connectivity index (χ4v) is 1.34. The van der Waals surface area contributed by atoms with E-state index in [-0.39, 0.29) is 0 Å². The van der Waals surface area contributed by atoms with Crippen LogP contribution in [0.1, 0.15) is 0 Å². The fourth-order valence-electron chi connectivity index (χ4n) is 0.698. The normalized spacial score (nSPS) is 10.2. The fraction of sp³-hybridized carbons (Fsp3) is 0. The van der Waals surface area contributed by atoms with Gasteiger partial charge in [0.2, 0.25) is 0 Å². The molecule has 0 aliphatic carbocycles. The number of fused-ring (bicyclic) bond motifs is 1. The van der Waals surface area contributed by atoms with Crippen molar-refractivity contribution in [3.63, 3.8) is 0 Å². The third-order valence-corrected chi connectivity index (χ3v) is 1.91. The molecule has 0 atom stereocenters. The predicted molar refractivity (Wildman–Crippen MR) is 37.3 cm³/mol. The number of benzene rings is 1. The summed E-state index contributed by atoms with van der Waals surface area (Å²) in [5.41, 5.74) is 2.84. The minimum Gasteiger partial charge on any atom is -0.245 e. The van der Waals surface area contributed by atoms with Gasteiger partial charge >= 0.3 is 0 Å². The Morgan fingerprint density at radius 1 is 1.33 bits per heavy atom. The van der Waals surface area contributed by atoms with Gasteiger partial charge in [0, 0.05) is 0 Å². The first kappa shape index (κ1) is 4.94. The summed E-state index contributed by atoms with van der Waals surface area (Å²) in [6.45, 7) is 0. The molecular weight excluding hydrogens is 130 g/mol. The van der Waals surface area contributed by atoms with Crippen molar-refractivity contribution in [2.45, 2.75) is 0 Å². The van der Waals surface area contributed by atoms with E-state index in [1.807, 2.05) is 17.6 Å². The van der Waals surface area contributed by atoms with Crippen LogP contribution in [0.5, 0.6) is 0 Å². The highest BCUT2D eigenvalue weighted by Gasteiger charge is 1.90. The van der Waals surface area contributed by atoms with Crippen LogP contribution in [0, 0.1) is 12.1 Å². The van der Waals surface area contributed by atoms with Crippen LogP contribution < -0.4 is 0 Å². The molecule has 1 aromatic carbocycles. The molecule has 2 radical (unpaired) electrons. The number of rotatable bonds is 0. The molecule has 0 saturated heterocycles. The second kappa shape index (κ2) is 1.81. The molecule has 0 aliphatic heterocycles. The lowest BCUT2D eigenvalue weighted by molar-refractivity contribution is 1.50. The maximum atomic E-state index is 4.09. The van der Waals surface area contributed by atoms with Crippen molar-refractivity contribution in [2.75, 3.05) is 0 Å². The summed E-state index contributed by atoms with van der Waals surface area (Å²) in [5, 5.41) is 0. The first-order valence-corrected chi connectivity index (χ1v) is 3.46. The first-order chi connectivity index (χ1) is 4.47. The summed E-state index contributed by atoms with van der Waals surface area (Å²) in [4.78, 5) is 4.09. The lowest BCUT2D eigenvalue weighted by Gasteiger charge is -1.79. The molecule has 0 aliphatic rings. The Kier molecular flexibility index (Phi) is 0.993. The van der Waals surface area contributed by atoms with Crippen molar-refractivity contribution < 1.29 is 0 Å². The molecule has 2 rings (SSSR count). The first-order valence-electron chi connectivity index (χ1n) is 2.58. The molecule has 2 aromatic rings.